The summed E-state index contributed by atoms with van der Waals surface area (Å²) in [6.45, 7) is 3.98. The zero-order valence-electron chi connectivity index (χ0n) is 11.3. The molecule has 1 aromatic rings. The highest BCUT2D eigenvalue weighted by Gasteiger charge is 2.34. The van der Waals surface area contributed by atoms with Crippen molar-refractivity contribution in [1.29, 1.82) is 0 Å². The fourth-order valence-electron chi connectivity index (χ4n) is 2.72. The first-order valence-electron chi connectivity index (χ1n) is 6.61. The van der Waals surface area contributed by atoms with Gasteiger partial charge in [0.1, 0.15) is 0 Å². The second-order valence-electron chi connectivity index (χ2n) is 5.26. The van der Waals surface area contributed by atoms with Gasteiger partial charge in [0, 0.05) is 0 Å². The largest absolute Gasteiger partial charge is 0.478 e. The van der Waals surface area contributed by atoms with Gasteiger partial charge in [0.15, 0.2) is 0 Å². The summed E-state index contributed by atoms with van der Waals surface area (Å²) < 4.78 is 26.3. The van der Waals surface area contributed by atoms with E-state index in [-0.39, 0.29) is 23.6 Å². The van der Waals surface area contributed by atoms with E-state index in [1.165, 1.54) is 6.07 Å². The molecule has 3 rings (SSSR count). The maximum atomic E-state index is 12.7. The lowest BCUT2D eigenvalue weighted by Gasteiger charge is -2.17. The maximum absolute atomic E-state index is 12.7. The van der Waals surface area contributed by atoms with Crippen LogP contribution >= 0.6 is 0 Å². The summed E-state index contributed by atoms with van der Waals surface area (Å²) >= 11 is 0. The number of aromatic carboxylic acids is 1. The standard InChI is InChI=1S/C14H15NO5S/c1-9-7-15(20-8-9)21(18,19)13-6-11(14(16)17)5-10-3-2-4-12(10)13/h5-6H,1-4,7-8H2,(H,16,17). The van der Waals surface area contributed by atoms with Crippen LogP contribution in [-0.4, -0.2) is 37.1 Å². The first-order valence-corrected chi connectivity index (χ1v) is 8.05. The molecule has 1 aromatic carbocycles. The van der Waals surface area contributed by atoms with Crippen LogP contribution in [0.4, 0.5) is 0 Å². The molecule has 0 radical (unpaired) electrons. The molecule has 1 saturated heterocycles. The molecular weight excluding hydrogens is 294 g/mol. The number of hydrogen-bond donors (Lipinski definition) is 1. The van der Waals surface area contributed by atoms with Crippen LogP contribution in [0, 0.1) is 0 Å². The van der Waals surface area contributed by atoms with Gasteiger partial charge in [-0.1, -0.05) is 11.0 Å². The van der Waals surface area contributed by atoms with Gasteiger partial charge < -0.3 is 5.11 Å². The van der Waals surface area contributed by atoms with Gasteiger partial charge in [-0.05, 0) is 48.1 Å². The average Bonchev–Trinajstić information content (AvgIpc) is 3.05. The van der Waals surface area contributed by atoms with Crippen molar-refractivity contribution in [3.8, 4) is 0 Å². The SMILES string of the molecule is C=C1CON(S(=O)(=O)c2cc(C(=O)O)cc3c2CCC3)C1. The molecule has 0 aromatic heterocycles. The minimum absolute atomic E-state index is 0.00718. The summed E-state index contributed by atoms with van der Waals surface area (Å²) in [6.07, 6.45) is 2.17. The Kier molecular flexibility index (Phi) is 3.35. The molecule has 0 bridgehead atoms. The maximum Gasteiger partial charge on any atom is 0.335 e. The number of carboxylic acids is 1. The summed E-state index contributed by atoms with van der Waals surface area (Å²) in [5.74, 6) is -1.13. The van der Waals surface area contributed by atoms with E-state index in [1.54, 1.807) is 6.07 Å². The zero-order valence-corrected chi connectivity index (χ0v) is 12.1. The number of hydroxylamine groups is 1. The van der Waals surface area contributed by atoms with Crippen molar-refractivity contribution in [1.82, 2.24) is 4.47 Å². The molecule has 1 aliphatic heterocycles. The second kappa shape index (κ2) is 4.94. The van der Waals surface area contributed by atoms with Crippen LogP contribution in [0.2, 0.25) is 0 Å². The highest BCUT2D eigenvalue weighted by molar-refractivity contribution is 7.89. The summed E-state index contributed by atoms with van der Waals surface area (Å²) in [6, 6.07) is 2.79. The Morgan fingerprint density at radius 1 is 1.33 bits per heavy atom. The fraction of sp³-hybridized carbons (Fsp3) is 0.357. The van der Waals surface area contributed by atoms with E-state index < -0.39 is 16.0 Å². The third-order valence-electron chi connectivity index (χ3n) is 3.73. The van der Waals surface area contributed by atoms with E-state index in [9.17, 15) is 13.2 Å². The highest BCUT2D eigenvalue weighted by Crippen LogP contribution is 2.33. The van der Waals surface area contributed by atoms with Gasteiger partial charge >= 0.3 is 5.97 Å². The van der Waals surface area contributed by atoms with E-state index >= 15 is 0 Å². The van der Waals surface area contributed by atoms with Crippen molar-refractivity contribution in [2.45, 2.75) is 24.2 Å². The molecule has 0 amide bonds. The van der Waals surface area contributed by atoms with Crippen LogP contribution < -0.4 is 0 Å². The number of carboxylic acid groups (broad SMARTS) is 1. The first kappa shape index (κ1) is 14.2. The molecule has 112 valence electrons. The Hall–Kier alpha value is -1.70. The first-order chi connectivity index (χ1) is 9.89. The fourth-order valence-corrected chi connectivity index (χ4v) is 4.30. The van der Waals surface area contributed by atoms with Crippen molar-refractivity contribution in [2.75, 3.05) is 13.2 Å². The lowest BCUT2D eigenvalue weighted by Crippen LogP contribution is -2.28. The predicted molar refractivity (Wildman–Crippen MR) is 74.4 cm³/mol. The number of benzene rings is 1. The van der Waals surface area contributed by atoms with Gasteiger partial charge in [-0.3, -0.25) is 4.84 Å². The van der Waals surface area contributed by atoms with Gasteiger partial charge in [0.05, 0.1) is 23.6 Å². The smallest absolute Gasteiger partial charge is 0.335 e. The number of fused-ring (bicyclic) bond motifs is 1. The van der Waals surface area contributed by atoms with Crippen LogP contribution in [0.3, 0.4) is 0 Å². The zero-order chi connectivity index (χ0) is 15.2. The molecule has 0 saturated carbocycles. The lowest BCUT2D eigenvalue weighted by molar-refractivity contribution is -0.0276. The van der Waals surface area contributed by atoms with Crippen LogP contribution in [0.5, 0.6) is 0 Å². The van der Waals surface area contributed by atoms with Crippen molar-refractivity contribution >= 4 is 16.0 Å². The molecule has 0 spiro atoms. The Morgan fingerprint density at radius 2 is 2.10 bits per heavy atom. The van der Waals surface area contributed by atoms with E-state index in [4.69, 9.17) is 9.94 Å². The van der Waals surface area contributed by atoms with Gasteiger partial charge in [-0.25, -0.2) is 13.2 Å². The van der Waals surface area contributed by atoms with Gasteiger partial charge in [0.25, 0.3) is 10.0 Å². The molecule has 1 aliphatic carbocycles. The molecule has 1 heterocycles. The van der Waals surface area contributed by atoms with Crippen LogP contribution in [0.15, 0.2) is 29.2 Å². The van der Waals surface area contributed by atoms with E-state index in [0.717, 1.165) is 16.5 Å². The molecule has 7 heteroatoms. The van der Waals surface area contributed by atoms with Crippen LogP contribution in [0.25, 0.3) is 0 Å². The number of nitrogens with zero attached hydrogens (tertiary/aromatic N) is 1. The summed E-state index contributed by atoms with van der Waals surface area (Å²) in [4.78, 5) is 16.4. The molecular formula is C14H15NO5S. The van der Waals surface area contributed by atoms with E-state index in [1.807, 2.05) is 0 Å². The third kappa shape index (κ3) is 2.37. The van der Waals surface area contributed by atoms with E-state index in [0.29, 0.717) is 24.0 Å². The van der Waals surface area contributed by atoms with Crippen molar-refractivity contribution in [3.05, 3.63) is 41.0 Å². The van der Waals surface area contributed by atoms with Crippen molar-refractivity contribution in [2.24, 2.45) is 0 Å². The molecule has 6 nitrogen and oxygen atoms in total. The average molecular weight is 309 g/mol. The Labute approximate surface area is 122 Å². The number of rotatable bonds is 3. The summed E-state index contributed by atoms with van der Waals surface area (Å²) in [5.41, 5.74) is 2.17. The molecule has 0 unspecified atom stereocenters. The normalized spacial score (nSPS) is 19.0. The Morgan fingerprint density at radius 3 is 2.71 bits per heavy atom. The molecule has 1 fully saturated rings. The van der Waals surface area contributed by atoms with Gasteiger partial charge in [-0.2, -0.15) is 0 Å². The lowest BCUT2D eigenvalue weighted by atomic mass is 10.1. The number of sulfonamides is 1. The molecule has 21 heavy (non-hydrogen) atoms. The minimum Gasteiger partial charge on any atom is -0.478 e. The predicted octanol–water partition coefficient (Wildman–Crippen LogP) is 1.37. The summed E-state index contributed by atoms with van der Waals surface area (Å²) in [7, 11) is -3.87. The summed E-state index contributed by atoms with van der Waals surface area (Å²) in [5, 5.41) is 9.16. The Balaban J connectivity index is 2.13. The molecule has 0 atom stereocenters. The third-order valence-corrected chi connectivity index (χ3v) is 5.42. The quantitative estimate of drug-likeness (QED) is 0.852. The van der Waals surface area contributed by atoms with Gasteiger partial charge in [-0.15, -0.1) is 0 Å². The van der Waals surface area contributed by atoms with E-state index in [2.05, 4.69) is 6.58 Å². The minimum atomic E-state index is -3.87. The highest BCUT2D eigenvalue weighted by atomic mass is 32.2. The number of aryl methyl sites for hydroxylation is 1. The van der Waals surface area contributed by atoms with Crippen LogP contribution in [0.1, 0.15) is 27.9 Å². The Bertz CT molecular complexity index is 738. The van der Waals surface area contributed by atoms with Crippen molar-refractivity contribution < 1.29 is 23.2 Å². The number of hydrogen-bond acceptors (Lipinski definition) is 4. The number of carbonyl (C=O) groups is 1. The van der Waals surface area contributed by atoms with Crippen molar-refractivity contribution in [3.63, 3.8) is 0 Å². The van der Waals surface area contributed by atoms with Gasteiger partial charge in [0.2, 0.25) is 0 Å². The molecule has 1 N–H and O–H groups in total. The molecule has 2 aliphatic rings. The second-order valence-corrected chi connectivity index (χ2v) is 7.06. The monoisotopic (exact) mass is 309 g/mol. The van der Waals surface area contributed by atoms with Crippen LogP contribution in [-0.2, 0) is 27.7 Å². The topological polar surface area (TPSA) is 83.9 Å².